The number of pyridine rings is 1. The Morgan fingerprint density at radius 2 is 1.84 bits per heavy atom. The van der Waals surface area contributed by atoms with Gasteiger partial charge in [-0.1, -0.05) is 37.6 Å². The van der Waals surface area contributed by atoms with Crippen molar-refractivity contribution < 1.29 is 9.47 Å². The fourth-order valence-electron chi connectivity index (χ4n) is 3.01. The van der Waals surface area contributed by atoms with Crippen molar-refractivity contribution in [1.82, 2.24) is 9.88 Å². The van der Waals surface area contributed by atoms with Crippen molar-refractivity contribution in [3.05, 3.63) is 47.1 Å². The molecule has 136 valence electrons. The van der Waals surface area contributed by atoms with E-state index in [1.54, 1.807) is 25.4 Å². The van der Waals surface area contributed by atoms with E-state index in [9.17, 15) is 0 Å². The third-order valence-electron chi connectivity index (χ3n) is 4.29. The molecule has 2 aromatic rings. The first kappa shape index (κ1) is 19.5. The highest BCUT2D eigenvalue weighted by molar-refractivity contribution is 6.30. The van der Waals surface area contributed by atoms with Crippen LogP contribution in [0.4, 0.5) is 0 Å². The second kappa shape index (κ2) is 9.64. The summed E-state index contributed by atoms with van der Waals surface area (Å²) in [6.45, 7) is 6.22. The van der Waals surface area contributed by atoms with Crippen LogP contribution in [0.1, 0.15) is 38.2 Å². The number of hydrogen-bond donors (Lipinski definition) is 0. The zero-order valence-electron chi connectivity index (χ0n) is 15.5. The summed E-state index contributed by atoms with van der Waals surface area (Å²) < 4.78 is 11.6. The molecule has 1 aromatic carbocycles. The topological polar surface area (TPSA) is 34.6 Å². The van der Waals surface area contributed by atoms with Gasteiger partial charge in [0.1, 0.15) is 0 Å². The van der Waals surface area contributed by atoms with Crippen LogP contribution in [0, 0.1) is 0 Å². The minimum atomic E-state index is 0.503. The molecule has 1 aliphatic heterocycles. The van der Waals surface area contributed by atoms with Crippen molar-refractivity contribution in [2.45, 2.75) is 32.6 Å². The summed E-state index contributed by atoms with van der Waals surface area (Å²) in [7, 11) is 3.86. The fraction of sp³-hybridized carbons (Fsp3) is 0.450. The van der Waals surface area contributed by atoms with Crippen LogP contribution in [0.15, 0.2) is 36.5 Å². The molecule has 3 rings (SSSR count). The molecule has 0 atom stereocenters. The number of likely N-dealkylation sites (tertiary alicyclic amines) is 1. The molecule has 0 spiro atoms. The molecule has 1 aliphatic rings. The number of halogens is 1. The molecule has 5 heteroatoms. The third-order valence-corrected chi connectivity index (χ3v) is 4.51. The lowest BCUT2D eigenvalue weighted by Crippen LogP contribution is -2.29. The third kappa shape index (κ3) is 5.10. The number of piperidine rings is 1. The Balaban J connectivity index is 0.00000109. The largest absolute Gasteiger partial charge is 0.493 e. The summed E-state index contributed by atoms with van der Waals surface area (Å²) in [5, 5.41) is 0.587. The van der Waals surface area contributed by atoms with E-state index in [4.69, 9.17) is 21.1 Å². The summed E-state index contributed by atoms with van der Waals surface area (Å²) in [6, 6.07) is 9.58. The highest BCUT2D eigenvalue weighted by Crippen LogP contribution is 2.41. The summed E-state index contributed by atoms with van der Waals surface area (Å²) in [5.74, 6) is 2.51. The zero-order valence-corrected chi connectivity index (χ0v) is 16.2. The van der Waals surface area contributed by atoms with Gasteiger partial charge in [-0.2, -0.15) is 0 Å². The molecule has 1 saturated heterocycles. The molecule has 0 amide bonds. The Bertz CT molecular complexity index is 653. The van der Waals surface area contributed by atoms with E-state index in [2.05, 4.69) is 23.0 Å². The van der Waals surface area contributed by atoms with Crippen LogP contribution in [-0.2, 0) is 0 Å². The average Bonchev–Trinajstić information content (AvgIpc) is 2.66. The SMILES string of the molecule is CC.COc1c(Oc2ccc(Cl)cn2)cccc1C1CCN(C)CC1. The first-order valence-corrected chi connectivity index (χ1v) is 9.20. The van der Waals surface area contributed by atoms with Crippen LogP contribution >= 0.6 is 11.6 Å². The molecule has 1 aromatic heterocycles. The highest BCUT2D eigenvalue weighted by atomic mass is 35.5. The van der Waals surface area contributed by atoms with Gasteiger partial charge in [-0.3, -0.25) is 0 Å². The summed E-state index contributed by atoms with van der Waals surface area (Å²) in [5.41, 5.74) is 1.21. The molecule has 1 fully saturated rings. The highest BCUT2D eigenvalue weighted by Gasteiger charge is 2.23. The van der Waals surface area contributed by atoms with E-state index in [1.807, 2.05) is 26.0 Å². The second-order valence-electron chi connectivity index (χ2n) is 5.87. The number of aromatic nitrogens is 1. The molecule has 0 aliphatic carbocycles. The Morgan fingerprint density at radius 1 is 1.12 bits per heavy atom. The maximum Gasteiger partial charge on any atom is 0.219 e. The van der Waals surface area contributed by atoms with Gasteiger partial charge in [0.2, 0.25) is 5.88 Å². The van der Waals surface area contributed by atoms with Crippen LogP contribution in [0.2, 0.25) is 5.02 Å². The number of rotatable bonds is 4. The maximum absolute atomic E-state index is 5.90. The predicted molar refractivity (Wildman–Crippen MR) is 103 cm³/mol. The van der Waals surface area contributed by atoms with E-state index in [1.165, 1.54) is 5.56 Å². The van der Waals surface area contributed by atoms with Crippen molar-refractivity contribution in [1.29, 1.82) is 0 Å². The van der Waals surface area contributed by atoms with E-state index in [0.29, 0.717) is 22.6 Å². The van der Waals surface area contributed by atoms with Crippen molar-refractivity contribution in [2.24, 2.45) is 0 Å². The lowest BCUT2D eigenvalue weighted by Gasteiger charge is -2.30. The van der Waals surface area contributed by atoms with Gasteiger partial charge < -0.3 is 14.4 Å². The summed E-state index contributed by atoms with van der Waals surface area (Å²) in [6.07, 6.45) is 3.84. The van der Waals surface area contributed by atoms with Gasteiger partial charge in [0.05, 0.1) is 12.1 Å². The van der Waals surface area contributed by atoms with Gasteiger partial charge in [0.15, 0.2) is 11.5 Å². The monoisotopic (exact) mass is 362 g/mol. The molecular weight excluding hydrogens is 336 g/mol. The zero-order chi connectivity index (χ0) is 18.2. The minimum absolute atomic E-state index is 0.503. The molecule has 0 radical (unpaired) electrons. The summed E-state index contributed by atoms with van der Waals surface area (Å²) >= 11 is 5.87. The van der Waals surface area contributed by atoms with Gasteiger partial charge in [0, 0.05) is 17.8 Å². The van der Waals surface area contributed by atoms with Gasteiger partial charge in [0.25, 0.3) is 0 Å². The number of para-hydroxylation sites is 1. The van der Waals surface area contributed by atoms with Crippen LogP contribution < -0.4 is 9.47 Å². The molecule has 0 bridgehead atoms. The molecule has 0 unspecified atom stereocenters. The summed E-state index contributed by atoms with van der Waals surface area (Å²) in [4.78, 5) is 6.55. The van der Waals surface area contributed by atoms with Gasteiger partial charge in [-0.05, 0) is 51.0 Å². The molecule has 4 nitrogen and oxygen atoms in total. The van der Waals surface area contributed by atoms with E-state index in [-0.39, 0.29) is 0 Å². The number of methoxy groups -OCH3 is 1. The van der Waals surface area contributed by atoms with Crippen molar-refractivity contribution in [3.8, 4) is 17.4 Å². The van der Waals surface area contributed by atoms with Crippen LogP contribution in [-0.4, -0.2) is 37.1 Å². The first-order chi connectivity index (χ1) is 12.2. The quantitative estimate of drug-likeness (QED) is 0.732. The van der Waals surface area contributed by atoms with Crippen LogP contribution in [0.3, 0.4) is 0 Å². The van der Waals surface area contributed by atoms with Crippen LogP contribution in [0.5, 0.6) is 17.4 Å². The van der Waals surface area contributed by atoms with Crippen molar-refractivity contribution in [2.75, 3.05) is 27.2 Å². The molecule has 25 heavy (non-hydrogen) atoms. The second-order valence-corrected chi connectivity index (χ2v) is 6.31. The fourth-order valence-corrected chi connectivity index (χ4v) is 3.12. The van der Waals surface area contributed by atoms with Crippen LogP contribution in [0.25, 0.3) is 0 Å². The number of ether oxygens (including phenoxy) is 2. The Hall–Kier alpha value is -1.78. The number of nitrogens with zero attached hydrogens (tertiary/aromatic N) is 2. The van der Waals surface area contributed by atoms with E-state index in [0.717, 1.165) is 31.7 Å². The lowest BCUT2D eigenvalue weighted by molar-refractivity contribution is 0.251. The van der Waals surface area contributed by atoms with E-state index >= 15 is 0 Å². The number of hydrogen-bond acceptors (Lipinski definition) is 4. The minimum Gasteiger partial charge on any atom is -0.493 e. The number of benzene rings is 1. The van der Waals surface area contributed by atoms with Crippen molar-refractivity contribution >= 4 is 11.6 Å². The maximum atomic E-state index is 5.90. The molecular formula is C20H27ClN2O2. The Labute approximate surface area is 155 Å². The Kier molecular flexibility index (Phi) is 7.53. The van der Waals surface area contributed by atoms with Crippen molar-refractivity contribution in [3.63, 3.8) is 0 Å². The molecule has 0 saturated carbocycles. The molecule has 0 N–H and O–H groups in total. The normalized spacial score (nSPS) is 15.2. The first-order valence-electron chi connectivity index (χ1n) is 8.82. The Morgan fingerprint density at radius 3 is 2.44 bits per heavy atom. The average molecular weight is 363 g/mol. The van der Waals surface area contributed by atoms with Gasteiger partial charge in [-0.25, -0.2) is 4.98 Å². The van der Waals surface area contributed by atoms with Gasteiger partial charge >= 0.3 is 0 Å². The van der Waals surface area contributed by atoms with Gasteiger partial charge in [-0.15, -0.1) is 0 Å². The molecule has 2 heterocycles. The van der Waals surface area contributed by atoms with E-state index < -0.39 is 0 Å². The lowest BCUT2D eigenvalue weighted by atomic mass is 9.89. The smallest absolute Gasteiger partial charge is 0.219 e. The standard InChI is InChI=1S/C18H21ClN2O2.C2H6/c1-21-10-8-13(9-11-21)15-4-3-5-16(18(15)22-2)23-17-7-6-14(19)12-20-17;1-2/h3-7,12-13H,8-11H2,1-2H3;1-2H3. The predicted octanol–water partition coefficient (Wildman–Crippen LogP) is 5.37.